The SMILES string of the molecule is C=C/C=C(\C=C)C1CCCc2c1[nH]c(=O)[nH]c2=O. The van der Waals surface area contributed by atoms with Gasteiger partial charge in [0.05, 0.1) is 0 Å². The maximum absolute atomic E-state index is 11.8. The van der Waals surface area contributed by atoms with Gasteiger partial charge in [0, 0.05) is 17.2 Å². The standard InChI is InChI=1S/C14H16N2O2/c1-3-6-9(4-2)10-7-5-8-11-12(10)15-14(18)16-13(11)17/h3-4,6,10H,1-2,5,7-8H2,(H2,15,16,17,18)/b9-6+. The van der Waals surface area contributed by atoms with Gasteiger partial charge in [-0.3, -0.25) is 9.78 Å². The highest BCUT2D eigenvalue weighted by Gasteiger charge is 2.25. The molecule has 2 N–H and O–H groups in total. The van der Waals surface area contributed by atoms with Crippen LogP contribution in [-0.2, 0) is 6.42 Å². The molecule has 0 saturated heterocycles. The Morgan fingerprint density at radius 2 is 2.06 bits per heavy atom. The van der Waals surface area contributed by atoms with Crippen LogP contribution in [0.3, 0.4) is 0 Å². The molecule has 0 aliphatic heterocycles. The lowest BCUT2D eigenvalue weighted by atomic mass is 9.82. The molecule has 1 aromatic heterocycles. The zero-order valence-corrected chi connectivity index (χ0v) is 10.2. The van der Waals surface area contributed by atoms with Crippen molar-refractivity contribution in [3.8, 4) is 0 Å². The molecule has 1 atom stereocenters. The molecule has 4 nitrogen and oxygen atoms in total. The summed E-state index contributed by atoms with van der Waals surface area (Å²) >= 11 is 0. The van der Waals surface area contributed by atoms with E-state index in [2.05, 4.69) is 23.1 Å². The average Bonchev–Trinajstić information content (AvgIpc) is 2.35. The fourth-order valence-electron chi connectivity index (χ4n) is 2.50. The predicted octanol–water partition coefficient (Wildman–Crippen LogP) is 1.78. The minimum absolute atomic E-state index is 0.0271. The molecule has 0 saturated carbocycles. The summed E-state index contributed by atoms with van der Waals surface area (Å²) in [5.41, 5.74) is 1.66. The number of hydrogen-bond donors (Lipinski definition) is 2. The van der Waals surface area contributed by atoms with E-state index in [-0.39, 0.29) is 11.5 Å². The summed E-state index contributed by atoms with van der Waals surface area (Å²) in [7, 11) is 0. The topological polar surface area (TPSA) is 65.7 Å². The van der Waals surface area contributed by atoms with Crippen LogP contribution in [0.2, 0.25) is 0 Å². The maximum Gasteiger partial charge on any atom is 0.325 e. The third-order valence-corrected chi connectivity index (χ3v) is 3.29. The van der Waals surface area contributed by atoms with Gasteiger partial charge in [0.2, 0.25) is 0 Å². The Hall–Kier alpha value is -2.10. The third-order valence-electron chi connectivity index (χ3n) is 3.29. The Morgan fingerprint density at radius 1 is 1.28 bits per heavy atom. The molecule has 94 valence electrons. The van der Waals surface area contributed by atoms with Crippen LogP contribution in [0, 0.1) is 0 Å². The Labute approximate surface area is 105 Å². The molecular formula is C14H16N2O2. The zero-order chi connectivity index (χ0) is 13.1. The van der Waals surface area contributed by atoms with E-state index in [1.807, 2.05) is 6.08 Å². The number of nitrogens with one attached hydrogen (secondary N) is 2. The summed E-state index contributed by atoms with van der Waals surface area (Å²) < 4.78 is 0. The molecule has 0 amide bonds. The molecule has 1 aromatic rings. The van der Waals surface area contributed by atoms with E-state index in [1.54, 1.807) is 12.2 Å². The van der Waals surface area contributed by atoms with Crippen molar-refractivity contribution in [2.24, 2.45) is 0 Å². The highest BCUT2D eigenvalue weighted by Crippen LogP contribution is 2.33. The third kappa shape index (κ3) is 2.14. The van der Waals surface area contributed by atoms with Gasteiger partial charge in [-0.15, -0.1) is 0 Å². The van der Waals surface area contributed by atoms with E-state index >= 15 is 0 Å². The average molecular weight is 244 g/mol. The smallest absolute Gasteiger partial charge is 0.310 e. The number of hydrogen-bond acceptors (Lipinski definition) is 2. The molecule has 1 unspecified atom stereocenters. The van der Waals surface area contributed by atoms with Crippen LogP contribution in [-0.4, -0.2) is 9.97 Å². The van der Waals surface area contributed by atoms with E-state index in [9.17, 15) is 9.59 Å². The minimum Gasteiger partial charge on any atom is -0.310 e. The lowest BCUT2D eigenvalue weighted by Crippen LogP contribution is -2.31. The van der Waals surface area contributed by atoms with E-state index in [1.165, 1.54) is 0 Å². The molecule has 1 heterocycles. The van der Waals surface area contributed by atoms with Crippen molar-refractivity contribution in [3.05, 3.63) is 69.1 Å². The van der Waals surface area contributed by atoms with Gasteiger partial charge in [0.1, 0.15) is 0 Å². The molecular weight excluding hydrogens is 228 g/mol. The first-order chi connectivity index (χ1) is 8.67. The molecule has 0 spiro atoms. The van der Waals surface area contributed by atoms with Crippen LogP contribution in [0.1, 0.15) is 30.0 Å². The van der Waals surface area contributed by atoms with E-state index in [4.69, 9.17) is 0 Å². The first-order valence-electron chi connectivity index (χ1n) is 5.97. The summed E-state index contributed by atoms with van der Waals surface area (Å²) in [5.74, 6) is 0.0271. The summed E-state index contributed by atoms with van der Waals surface area (Å²) in [6.45, 7) is 7.45. The minimum atomic E-state index is -0.451. The first kappa shape index (κ1) is 12.4. The second-order valence-corrected chi connectivity index (χ2v) is 4.35. The Balaban J connectivity index is 2.61. The van der Waals surface area contributed by atoms with Crippen molar-refractivity contribution < 1.29 is 0 Å². The van der Waals surface area contributed by atoms with Crippen molar-refractivity contribution in [3.63, 3.8) is 0 Å². The Bertz CT molecular complexity index is 619. The van der Waals surface area contributed by atoms with E-state index in [0.29, 0.717) is 12.0 Å². The molecule has 2 rings (SSSR count). The number of H-pyrrole nitrogens is 2. The molecule has 1 aliphatic rings. The van der Waals surface area contributed by atoms with Crippen LogP contribution in [0.5, 0.6) is 0 Å². The summed E-state index contributed by atoms with van der Waals surface area (Å²) in [4.78, 5) is 28.2. The predicted molar refractivity (Wildman–Crippen MR) is 71.8 cm³/mol. The monoisotopic (exact) mass is 244 g/mol. The molecule has 1 aliphatic carbocycles. The van der Waals surface area contributed by atoms with Crippen LogP contribution < -0.4 is 11.2 Å². The second kappa shape index (κ2) is 5.04. The number of aromatic nitrogens is 2. The quantitative estimate of drug-likeness (QED) is 0.796. The second-order valence-electron chi connectivity index (χ2n) is 4.35. The summed E-state index contributed by atoms with van der Waals surface area (Å²) in [6, 6.07) is 0. The number of allylic oxidation sites excluding steroid dienone is 4. The Kier molecular flexibility index (Phi) is 3.46. The van der Waals surface area contributed by atoms with Crippen molar-refractivity contribution >= 4 is 0 Å². The molecule has 4 heteroatoms. The van der Waals surface area contributed by atoms with Gasteiger partial charge in [0.25, 0.3) is 5.56 Å². The molecule has 0 radical (unpaired) electrons. The fourth-order valence-corrected chi connectivity index (χ4v) is 2.50. The van der Waals surface area contributed by atoms with Crippen LogP contribution in [0.25, 0.3) is 0 Å². The van der Waals surface area contributed by atoms with Gasteiger partial charge in [-0.05, 0) is 24.8 Å². The van der Waals surface area contributed by atoms with Crippen LogP contribution in [0.15, 0.2) is 46.5 Å². The molecule has 0 bridgehead atoms. The normalized spacial score (nSPS) is 19.1. The summed E-state index contributed by atoms with van der Waals surface area (Å²) in [5, 5.41) is 0. The number of fused-ring (bicyclic) bond motifs is 1. The van der Waals surface area contributed by atoms with E-state index < -0.39 is 5.69 Å². The number of aromatic amines is 2. The van der Waals surface area contributed by atoms with Gasteiger partial charge in [-0.25, -0.2) is 4.79 Å². The lowest BCUT2D eigenvalue weighted by molar-refractivity contribution is 0.586. The zero-order valence-electron chi connectivity index (χ0n) is 10.2. The maximum atomic E-state index is 11.8. The van der Waals surface area contributed by atoms with Gasteiger partial charge >= 0.3 is 5.69 Å². The van der Waals surface area contributed by atoms with Gasteiger partial charge in [-0.2, -0.15) is 0 Å². The summed E-state index contributed by atoms with van der Waals surface area (Å²) in [6.07, 6.45) is 7.84. The van der Waals surface area contributed by atoms with Crippen LogP contribution in [0.4, 0.5) is 0 Å². The van der Waals surface area contributed by atoms with Crippen molar-refractivity contribution in [1.82, 2.24) is 9.97 Å². The molecule has 0 fully saturated rings. The first-order valence-corrected chi connectivity index (χ1v) is 5.97. The van der Waals surface area contributed by atoms with Crippen molar-refractivity contribution in [2.45, 2.75) is 25.2 Å². The van der Waals surface area contributed by atoms with E-state index in [0.717, 1.165) is 24.1 Å². The van der Waals surface area contributed by atoms with Crippen molar-refractivity contribution in [2.75, 3.05) is 0 Å². The van der Waals surface area contributed by atoms with Crippen molar-refractivity contribution in [1.29, 1.82) is 0 Å². The van der Waals surface area contributed by atoms with Gasteiger partial charge < -0.3 is 4.98 Å². The number of rotatable bonds is 3. The molecule has 18 heavy (non-hydrogen) atoms. The highest BCUT2D eigenvalue weighted by atomic mass is 16.2. The molecule has 0 aromatic carbocycles. The Morgan fingerprint density at radius 3 is 2.72 bits per heavy atom. The highest BCUT2D eigenvalue weighted by molar-refractivity contribution is 5.37. The fraction of sp³-hybridized carbons (Fsp3) is 0.286. The largest absolute Gasteiger partial charge is 0.325 e. The lowest BCUT2D eigenvalue weighted by Gasteiger charge is -2.24. The van der Waals surface area contributed by atoms with Gasteiger partial charge in [0.15, 0.2) is 0 Å². The van der Waals surface area contributed by atoms with Crippen LogP contribution >= 0.6 is 0 Å². The van der Waals surface area contributed by atoms with Gasteiger partial charge in [-0.1, -0.05) is 31.4 Å².